The average Bonchev–Trinajstić information content (AvgIpc) is 3.23. The number of likely N-dealkylation sites (tertiary alicyclic amines) is 1. The van der Waals surface area contributed by atoms with E-state index in [1.165, 1.54) is 55.5 Å². The summed E-state index contributed by atoms with van der Waals surface area (Å²) in [5.41, 5.74) is 1.46. The summed E-state index contributed by atoms with van der Waals surface area (Å²) in [7, 11) is 1.35. The molecule has 1 aliphatic rings. The van der Waals surface area contributed by atoms with Gasteiger partial charge in [-0.05, 0) is 57.1 Å². The number of carbonyl (C=O) groups is 2. The first kappa shape index (κ1) is 21.0. The molecule has 3 aromatic rings. The Kier molecular flexibility index (Phi) is 6.46. The van der Waals surface area contributed by atoms with Gasteiger partial charge < -0.3 is 10.1 Å². The van der Waals surface area contributed by atoms with E-state index < -0.39 is 5.97 Å². The molecule has 6 nitrogen and oxygen atoms in total. The molecule has 1 aliphatic heterocycles. The lowest BCUT2D eigenvalue weighted by molar-refractivity contribution is 0.0607. The van der Waals surface area contributed by atoms with Gasteiger partial charge in [-0.15, -0.1) is 22.7 Å². The molecule has 0 spiro atoms. The summed E-state index contributed by atoms with van der Waals surface area (Å²) in [6.45, 7) is 4.95. The quantitative estimate of drug-likeness (QED) is 0.557. The summed E-state index contributed by atoms with van der Waals surface area (Å²) < 4.78 is 4.95. The number of thiophene rings is 2. The number of ether oxygens (including phenoxy) is 1. The summed E-state index contributed by atoms with van der Waals surface area (Å²) >= 11 is 2.68. The van der Waals surface area contributed by atoms with E-state index in [0.717, 1.165) is 40.4 Å². The van der Waals surface area contributed by atoms with E-state index in [0.29, 0.717) is 15.4 Å². The first-order chi connectivity index (χ1) is 14.5. The molecule has 0 saturated carbocycles. The Bertz CT molecular complexity index is 1060. The minimum absolute atomic E-state index is 0.230. The molecule has 8 heteroatoms. The van der Waals surface area contributed by atoms with Crippen LogP contribution in [0.25, 0.3) is 10.2 Å². The van der Waals surface area contributed by atoms with Gasteiger partial charge in [0.25, 0.3) is 5.91 Å². The van der Waals surface area contributed by atoms with Gasteiger partial charge in [0.05, 0.1) is 23.4 Å². The molecule has 4 heterocycles. The molecule has 0 unspecified atom stereocenters. The topological polar surface area (TPSA) is 71.5 Å². The third kappa shape index (κ3) is 4.55. The molecule has 30 heavy (non-hydrogen) atoms. The fourth-order valence-electron chi connectivity index (χ4n) is 3.72. The van der Waals surface area contributed by atoms with E-state index in [4.69, 9.17) is 9.72 Å². The summed E-state index contributed by atoms with van der Waals surface area (Å²) in [6.07, 6.45) is 5.05. The van der Waals surface area contributed by atoms with E-state index in [1.807, 2.05) is 25.1 Å². The maximum Gasteiger partial charge on any atom is 0.350 e. The van der Waals surface area contributed by atoms with Gasteiger partial charge in [-0.3, -0.25) is 9.69 Å². The zero-order chi connectivity index (χ0) is 21.1. The second kappa shape index (κ2) is 9.24. The molecular formula is C22H25N3O3S2. The van der Waals surface area contributed by atoms with E-state index in [9.17, 15) is 9.59 Å². The van der Waals surface area contributed by atoms with Gasteiger partial charge in [0.2, 0.25) is 0 Å². The third-order valence-electron chi connectivity index (χ3n) is 5.27. The number of amides is 1. The van der Waals surface area contributed by atoms with Crippen LogP contribution in [0.4, 0.5) is 5.69 Å². The number of methoxy groups -OCH3 is 1. The van der Waals surface area contributed by atoms with E-state index >= 15 is 0 Å². The molecular weight excluding hydrogens is 418 g/mol. The van der Waals surface area contributed by atoms with E-state index in [-0.39, 0.29) is 5.91 Å². The maximum atomic E-state index is 12.7. The number of nitrogens with zero attached hydrogens (tertiary/aromatic N) is 2. The number of esters is 1. The molecule has 1 amide bonds. The predicted molar refractivity (Wildman–Crippen MR) is 122 cm³/mol. The average molecular weight is 444 g/mol. The lowest BCUT2D eigenvalue weighted by Gasteiger charge is -2.19. The molecule has 0 atom stereocenters. The number of carbonyl (C=O) groups excluding carboxylic acids is 2. The van der Waals surface area contributed by atoms with Crippen LogP contribution in [0.2, 0.25) is 0 Å². The molecule has 1 saturated heterocycles. The number of hydrogen-bond acceptors (Lipinski definition) is 7. The monoisotopic (exact) mass is 443 g/mol. The van der Waals surface area contributed by atoms with Crippen LogP contribution in [0.1, 0.15) is 55.6 Å². The van der Waals surface area contributed by atoms with Crippen LogP contribution in [0, 0.1) is 6.92 Å². The molecule has 3 aromatic heterocycles. The van der Waals surface area contributed by atoms with Crippen molar-refractivity contribution in [3.63, 3.8) is 0 Å². The number of aryl methyl sites for hydroxylation is 1. The number of fused-ring (bicyclic) bond motifs is 1. The minimum Gasteiger partial charge on any atom is -0.465 e. The molecule has 0 radical (unpaired) electrons. The number of hydrogen-bond donors (Lipinski definition) is 1. The predicted octanol–water partition coefficient (Wildman–Crippen LogP) is 5.08. The fraction of sp³-hybridized carbons (Fsp3) is 0.409. The molecule has 158 valence electrons. The summed E-state index contributed by atoms with van der Waals surface area (Å²) in [4.78, 5) is 35.1. The van der Waals surface area contributed by atoms with Crippen LogP contribution in [0.3, 0.4) is 0 Å². The van der Waals surface area contributed by atoms with Crippen molar-refractivity contribution in [3.05, 3.63) is 44.6 Å². The van der Waals surface area contributed by atoms with Crippen molar-refractivity contribution in [1.29, 1.82) is 0 Å². The number of pyridine rings is 1. The Morgan fingerprint density at radius 2 is 1.87 bits per heavy atom. The van der Waals surface area contributed by atoms with Crippen molar-refractivity contribution in [3.8, 4) is 0 Å². The van der Waals surface area contributed by atoms with Crippen molar-refractivity contribution >= 4 is 50.5 Å². The molecule has 0 bridgehead atoms. The SMILES string of the molecule is COC(=O)c1sc2nc(CN3CCCCCC3)ccc2c1NC(=O)c1ccc(C)s1. The zero-order valence-corrected chi connectivity index (χ0v) is 18.8. The van der Waals surface area contributed by atoms with Gasteiger partial charge in [-0.1, -0.05) is 12.8 Å². The highest BCUT2D eigenvalue weighted by Gasteiger charge is 2.23. The van der Waals surface area contributed by atoms with Gasteiger partial charge in [0.15, 0.2) is 0 Å². The Balaban J connectivity index is 1.64. The molecule has 0 aromatic carbocycles. The molecule has 4 rings (SSSR count). The van der Waals surface area contributed by atoms with Crippen molar-refractivity contribution in [2.24, 2.45) is 0 Å². The second-order valence-electron chi connectivity index (χ2n) is 7.51. The third-order valence-corrected chi connectivity index (χ3v) is 7.35. The summed E-state index contributed by atoms with van der Waals surface area (Å²) in [5.74, 6) is -0.698. The Hall–Kier alpha value is -2.29. The Morgan fingerprint density at radius 1 is 1.10 bits per heavy atom. The highest BCUT2D eigenvalue weighted by Crippen LogP contribution is 2.36. The second-order valence-corrected chi connectivity index (χ2v) is 9.79. The van der Waals surface area contributed by atoms with Gasteiger partial charge in [0, 0.05) is 16.8 Å². The standard InChI is InChI=1S/C22H25N3O3S2/c1-14-7-10-17(29-14)20(26)24-18-16-9-8-15(13-25-11-5-3-4-6-12-25)23-21(16)30-19(18)22(27)28-2/h7-10H,3-6,11-13H2,1-2H3,(H,24,26). The van der Waals surface area contributed by atoms with Crippen LogP contribution in [0.5, 0.6) is 0 Å². The smallest absolute Gasteiger partial charge is 0.350 e. The zero-order valence-electron chi connectivity index (χ0n) is 17.2. The number of aromatic nitrogens is 1. The van der Waals surface area contributed by atoms with Crippen LogP contribution in [-0.4, -0.2) is 42.0 Å². The summed E-state index contributed by atoms with van der Waals surface area (Å²) in [6, 6.07) is 7.64. The van der Waals surface area contributed by atoms with Crippen LogP contribution in [-0.2, 0) is 11.3 Å². The minimum atomic E-state index is -0.468. The normalized spacial score (nSPS) is 15.1. The number of nitrogens with one attached hydrogen (secondary N) is 1. The fourth-order valence-corrected chi connectivity index (χ4v) is 5.55. The van der Waals surface area contributed by atoms with Crippen LogP contribution >= 0.6 is 22.7 Å². The first-order valence-corrected chi connectivity index (χ1v) is 11.8. The van der Waals surface area contributed by atoms with Crippen LogP contribution < -0.4 is 5.32 Å². The van der Waals surface area contributed by atoms with E-state index in [2.05, 4.69) is 10.2 Å². The largest absolute Gasteiger partial charge is 0.465 e. The van der Waals surface area contributed by atoms with E-state index in [1.54, 1.807) is 6.07 Å². The van der Waals surface area contributed by atoms with Gasteiger partial charge in [0.1, 0.15) is 9.71 Å². The first-order valence-electron chi connectivity index (χ1n) is 10.2. The summed E-state index contributed by atoms with van der Waals surface area (Å²) in [5, 5.41) is 3.68. The maximum absolute atomic E-state index is 12.7. The van der Waals surface area contributed by atoms with Gasteiger partial charge >= 0.3 is 5.97 Å². The Labute approximate surface area is 183 Å². The van der Waals surface area contributed by atoms with Gasteiger partial charge in [-0.2, -0.15) is 0 Å². The molecule has 1 fully saturated rings. The Morgan fingerprint density at radius 3 is 2.53 bits per heavy atom. The number of anilines is 1. The molecule has 0 aliphatic carbocycles. The highest BCUT2D eigenvalue weighted by atomic mass is 32.1. The van der Waals surface area contributed by atoms with Crippen molar-refractivity contribution in [2.45, 2.75) is 39.2 Å². The lowest BCUT2D eigenvalue weighted by atomic mass is 10.2. The van der Waals surface area contributed by atoms with Gasteiger partial charge in [-0.25, -0.2) is 9.78 Å². The lowest BCUT2D eigenvalue weighted by Crippen LogP contribution is -2.24. The highest BCUT2D eigenvalue weighted by molar-refractivity contribution is 7.21. The van der Waals surface area contributed by atoms with Crippen LogP contribution in [0.15, 0.2) is 24.3 Å². The number of rotatable bonds is 5. The van der Waals surface area contributed by atoms with Crippen molar-refractivity contribution in [1.82, 2.24) is 9.88 Å². The molecule has 1 N–H and O–H groups in total. The van der Waals surface area contributed by atoms with Crippen molar-refractivity contribution in [2.75, 3.05) is 25.5 Å². The van der Waals surface area contributed by atoms with Crippen molar-refractivity contribution < 1.29 is 14.3 Å².